The first-order chi connectivity index (χ1) is 8.56. The molecule has 1 atom stereocenters. The molecule has 2 aromatic carbocycles. The van der Waals surface area contributed by atoms with Crippen LogP contribution in [-0.2, 0) is 6.42 Å². The van der Waals surface area contributed by atoms with E-state index < -0.39 is 11.9 Å². The standard InChI is InChI=1S/C14H11Cl2FO/c15-11-4-2-10(3-5-11)14(18)8-9-1-6-13(17)12(16)7-9/h1-7,14,18H,8H2. The first kappa shape index (κ1) is 13.3. The van der Waals surface area contributed by atoms with Crippen LogP contribution in [0.5, 0.6) is 0 Å². The Labute approximate surface area is 115 Å². The highest BCUT2D eigenvalue weighted by atomic mass is 35.5. The molecule has 0 bridgehead atoms. The van der Waals surface area contributed by atoms with Crippen molar-refractivity contribution < 1.29 is 9.50 Å². The lowest BCUT2D eigenvalue weighted by molar-refractivity contribution is 0.178. The monoisotopic (exact) mass is 284 g/mol. The number of hydrogen-bond donors (Lipinski definition) is 1. The summed E-state index contributed by atoms with van der Waals surface area (Å²) in [7, 11) is 0. The van der Waals surface area contributed by atoms with Gasteiger partial charge in [-0.2, -0.15) is 0 Å². The minimum absolute atomic E-state index is 0.0656. The molecule has 0 radical (unpaired) electrons. The molecule has 0 saturated heterocycles. The summed E-state index contributed by atoms with van der Waals surface area (Å²) in [6.45, 7) is 0. The summed E-state index contributed by atoms with van der Waals surface area (Å²) in [5, 5.41) is 10.7. The largest absolute Gasteiger partial charge is 0.388 e. The van der Waals surface area contributed by atoms with E-state index in [4.69, 9.17) is 23.2 Å². The normalized spacial score (nSPS) is 12.4. The van der Waals surface area contributed by atoms with Gasteiger partial charge in [0.05, 0.1) is 11.1 Å². The molecule has 1 N–H and O–H groups in total. The van der Waals surface area contributed by atoms with E-state index in [-0.39, 0.29) is 5.02 Å². The van der Waals surface area contributed by atoms with Crippen molar-refractivity contribution in [1.82, 2.24) is 0 Å². The molecule has 94 valence electrons. The van der Waals surface area contributed by atoms with Gasteiger partial charge in [-0.3, -0.25) is 0 Å². The van der Waals surface area contributed by atoms with Crippen LogP contribution in [0.3, 0.4) is 0 Å². The molecule has 4 heteroatoms. The van der Waals surface area contributed by atoms with Crippen molar-refractivity contribution in [1.29, 1.82) is 0 Å². The van der Waals surface area contributed by atoms with E-state index in [0.717, 1.165) is 11.1 Å². The second-order valence-electron chi connectivity index (χ2n) is 4.02. The lowest BCUT2D eigenvalue weighted by Gasteiger charge is -2.11. The number of benzene rings is 2. The van der Waals surface area contributed by atoms with Crippen molar-refractivity contribution in [3.8, 4) is 0 Å². The van der Waals surface area contributed by atoms with Crippen molar-refractivity contribution in [3.05, 3.63) is 69.5 Å². The Balaban J connectivity index is 2.13. The highest BCUT2D eigenvalue weighted by Crippen LogP contribution is 2.23. The molecule has 0 fully saturated rings. The van der Waals surface area contributed by atoms with Gasteiger partial charge in [0.15, 0.2) is 0 Å². The summed E-state index contributed by atoms with van der Waals surface area (Å²) in [6.07, 6.45) is -0.287. The van der Waals surface area contributed by atoms with E-state index in [9.17, 15) is 9.50 Å². The summed E-state index contributed by atoms with van der Waals surface area (Å²) >= 11 is 11.5. The van der Waals surface area contributed by atoms with E-state index in [0.29, 0.717) is 11.4 Å². The quantitative estimate of drug-likeness (QED) is 0.885. The molecule has 18 heavy (non-hydrogen) atoms. The molecule has 0 saturated carbocycles. The summed E-state index contributed by atoms with van der Waals surface area (Å²) in [5.74, 6) is -0.457. The topological polar surface area (TPSA) is 20.2 Å². The molecule has 0 aliphatic heterocycles. The molecule has 0 aliphatic rings. The number of aliphatic hydroxyl groups is 1. The van der Waals surface area contributed by atoms with E-state index in [1.54, 1.807) is 30.3 Å². The lowest BCUT2D eigenvalue weighted by atomic mass is 10.0. The third kappa shape index (κ3) is 3.22. The van der Waals surface area contributed by atoms with Crippen molar-refractivity contribution >= 4 is 23.2 Å². The number of rotatable bonds is 3. The van der Waals surface area contributed by atoms with Gasteiger partial charge in [0.1, 0.15) is 5.82 Å². The predicted octanol–water partition coefficient (Wildman–Crippen LogP) is 4.41. The van der Waals surface area contributed by atoms with E-state index in [1.807, 2.05) is 0 Å². The summed E-state index contributed by atoms with van der Waals surface area (Å²) in [5.41, 5.74) is 1.55. The number of hydrogen-bond acceptors (Lipinski definition) is 1. The Morgan fingerprint density at radius 3 is 2.33 bits per heavy atom. The van der Waals surface area contributed by atoms with Gasteiger partial charge in [-0.1, -0.05) is 41.4 Å². The molecular weight excluding hydrogens is 274 g/mol. The predicted molar refractivity (Wildman–Crippen MR) is 71.5 cm³/mol. The molecule has 2 aromatic rings. The average molecular weight is 285 g/mol. The van der Waals surface area contributed by atoms with Crippen molar-refractivity contribution in [2.75, 3.05) is 0 Å². The highest BCUT2D eigenvalue weighted by Gasteiger charge is 2.10. The van der Waals surface area contributed by atoms with Crippen LogP contribution >= 0.6 is 23.2 Å². The first-order valence-corrected chi connectivity index (χ1v) is 6.19. The maximum Gasteiger partial charge on any atom is 0.141 e. The second-order valence-corrected chi connectivity index (χ2v) is 4.86. The summed E-state index contributed by atoms with van der Waals surface area (Å²) in [6, 6.07) is 11.4. The van der Waals surface area contributed by atoms with Crippen LogP contribution in [0.25, 0.3) is 0 Å². The van der Waals surface area contributed by atoms with Gasteiger partial charge in [-0.15, -0.1) is 0 Å². The lowest BCUT2D eigenvalue weighted by Crippen LogP contribution is -2.01. The van der Waals surface area contributed by atoms with Gasteiger partial charge in [0.25, 0.3) is 0 Å². The van der Waals surface area contributed by atoms with Gasteiger partial charge in [0, 0.05) is 11.4 Å². The molecule has 1 nitrogen and oxygen atoms in total. The molecular formula is C14H11Cl2FO. The zero-order chi connectivity index (χ0) is 13.1. The smallest absolute Gasteiger partial charge is 0.141 e. The van der Waals surface area contributed by atoms with E-state index >= 15 is 0 Å². The minimum Gasteiger partial charge on any atom is -0.388 e. The van der Waals surface area contributed by atoms with Crippen LogP contribution in [0.15, 0.2) is 42.5 Å². The third-order valence-electron chi connectivity index (χ3n) is 2.67. The molecule has 2 rings (SSSR count). The molecule has 0 aromatic heterocycles. The van der Waals surface area contributed by atoms with E-state index in [1.165, 1.54) is 12.1 Å². The van der Waals surface area contributed by atoms with Gasteiger partial charge in [-0.25, -0.2) is 4.39 Å². The number of halogens is 3. The Morgan fingerprint density at radius 1 is 1.06 bits per heavy atom. The van der Waals surface area contributed by atoms with Crippen LogP contribution in [-0.4, -0.2) is 5.11 Å². The Morgan fingerprint density at radius 2 is 1.72 bits per heavy atom. The van der Waals surface area contributed by atoms with Crippen LogP contribution in [0, 0.1) is 5.82 Å². The van der Waals surface area contributed by atoms with Gasteiger partial charge >= 0.3 is 0 Å². The van der Waals surface area contributed by atoms with Gasteiger partial charge in [-0.05, 0) is 35.4 Å². The molecule has 0 heterocycles. The fourth-order valence-electron chi connectivity index (χ4n) is 1.69. The molecule has 1 unspecified atom stereocenters. The fourth-order valence-corrected chi connectivity index (χ4v) is 2.02. The first-order valence-electron chi connectivity index (χ1n) is 5.44. The van der Waals surface area contributed by atoms with Gasteiger partial charge in [0.2, 0.25) is 0 Å². The van der Waals surface area contributed by atoms with Crippen LogP contribution < -0.4 is 0 Å². The maximum absolute atomic E-state index is 13.0. The zero-order valence-corrected chi connectivity index (χ0v) is 10.9. The molecule has 0 spiro atoms. The maximum atomic E-state index is 13.0. The number of aliphatic hydroxyl groups excluding tert-OH is 1. The summed E-state index contributed by atoms with van der Waals surface area (Å²) in [4.78, 5) is 0. The van der Waals surface area contributed by atoms with Crippen molar-refractivity contribution in [2.45, 2.75) is 12.5 Å². The van der Waals surface area contributed by atoms with Crippen LogP contribution in [0.2, 0.25) is 10.0 Å². The molecule has 0 amide bonds. The average Bonchev–Trinajstić information content (AvgIpc) is 2.34. The van der Waals surface area contributed by atoms with Gasteiger partial charge < -0.3 is 5.11 Å². The highest BCUT2D eigenvalue weighted by molar-refractivity contribution is 6.31. The second kappa shape index (κ2) is 5.70. The zero-order valence-electron chi connectivity index (χ0n) is 9.41. The fraction of sp³-hybridized carbons (Fsp3) is 0.143. The third-order valence-corrected chi connectivity index (χ3v) is 3.21. The Kier molecular flexibility index (Phi) is 4.23. The Bertz CT molecular complexity index is 540. The SMILES string of the molecule is OC(Cc1ccc(F)c(Cl)c1)c1ccc(Cl)cc1. The van der Waals surface area contributed by atoms with E-state index in [2.05, 4.69) is 0 Å². The van der Waals surface area contributed by atoms with Crippen LogP contribution in [0.4, 0.5) is 4.39 Å². The Hall–Kier alpha value is -1.09. The summed E-state index contributed by atoms with van der Waals surface area (Å²) < 4.78 is 13.0. The molecule has 0 aliphatic carbocycles. The van der Waals surface area contributed by atoms with Crippen molar-refractivity contribution in [3.63, 3.8) is 0 Å². The minimum atomic E-state index is -0.663. The van der Waals surface area contributed by atoms with Crippen molar-refractivity contribution in [2.24, 2.45) is 0 Å². The van der Waals surface area contributed by atoms with Crippen LogP contribution in [0.1, 0.15) is 17.2 Å².